The van der Waals surface area contributed by atoms with E-state index in [1.54, 1.807) is 24.8 Å². The van der Waals surface area contributed by atoms with Crippen molar-refractivity contribution < 1.29 is 4.79 Å². The maximum Gasteiger partial charge on any atom is 0.274 e. The van der Waals surface area contributed by atoms with Crippen molar-refractivity contribution >= 4 is 27.7 Å². The lowest BCUT2D eigenvalue weighted by molar-refractivity contribution is 0.0708. The standard InChI is InChI=1S/C19H20BrN7O/c1-13-9-16(27-23-6-7-24-27)18(22-10-13)19(28)26-8-2-3-15(12-26)25-17-5-4-14(20)11-21-17/h4-7,9-11,15H,2-3,8,12H2,1H3,(H,21,25). The molecule has 4 heterocycles. The zero-order valence-corrected chi connectivity index (χ0v) is 17.0. The van der Waals surface area contributed by atoms with Crippen LogP contribution in [0.2, 0.25) is 0 Å². The van der Waals surface area contributed by atoms with Crippen molar-refractivity contribution in [3.8, 4) is 5.69 Å². The largest absolute Gasteiger partial charge is 0.366 e. The maximum atomic E-state index is 13.2. The molecule has 3 aromatic rings. The van der Waals surface area contributed by atoms with Gasteiger partial charge in [-0.25, -0.2) is 9.97 Å². The third-order valence-corrected chi connectivity index (χ3v) is 5.10. The number of pyridine rings is 2. The van der Waals surface area contributed by atoms with Crippen molar-refractivity contribution in [2.75, 3.05) is 18.4 Å². The molecule has 0 aromatic carbocycles. The van der Waals surface area contributed by atoms with Crippen LogP contribution in [-0.4, -0.2) is 54.9 Å². The third kappa shape index (κ3) is 4.04. The Balaban J connectivity index is 1.53. The summed E-state index contributed by atoms with van der Waals surface area (Å²) in [4.78, 5) is 25.3. The molecule has 28 heavy (non-hydrogen) atoms. The number of aromatic nitrogens is 5. The highest BCUT2D eigenvalue weighted by Gasteiger charge is 2.27. The second-order valence-corrected chi connectivity index (χ2v) is 7.71. The van der Waals surface area contributed by atoms with E-state index in [0.717, 1.165) is 28.7 Å². The van der Waals surface area contributed by atoms with Crippen molar-refractivity contribution in [2.45, 2.75) is 25.8 Å². The van der Waals surface area contributed by atoms with Crippen molar-refractivity contribution in [2.24, 2.45) is 0 Å². The van der Waals surface area contributed by atoms with E-state index in [9.17, 15) is 4.79 Å². The van der Waals surface area contributed by atoms with E-state index in [1.165, 1.54) is 4.80 Å². The Morgan fingerprint density at radius 2 is 2.04 bits per heavy atom. The molecule has 8 nitrogen and oxygen atoms in total. The first-order valence-electron chi connectivity index (χ1n) is 9.11. The lowest BCUT2D eigenvalue weighted by atomic mass is 10.0. The molecule has 0 radical (unpaired) electrons. The second-order valence-electron chi connectivity index (χ2n) is 6.80. The van der Waals surface area contributed by atoms with E-state index in [-0.39, 0.29) is 11.9 Å². The fraction of sp³-hybridized carbons (Fsp3) is 0.316. The highest BCUT2D eigenvalue weighted by Crippen LogP contribution is 2.20. The van der Waals surface area contributed by atoms with Crippen LogP contribution in [0.25, 0.3) is 5.69 Å². The van der Waals surface area contributed by atoms with Crippen LogP contribution in [0.1, 0.15) is 28.9 Å². The van der Waals surface area contributed by atoms with Gasteiger partial charge in [0.15, 0.2) is 5.69 Å². The SMILES string of the molecule is Cc1cnc(C(=O)N2CCCC(Nc3ccc(Br)cn3)C2)c(-n2nccn2)c1. The number of nitrogens with one attached hydrogen (secondary N) is 1. The van der Waals surface area contributed by atoms with E-state index >= 15 is 0 Å². The Bertz CT molecular complexity index is 959. The molecule has 1 saturated heterocycles. The molecule has 1 atom stereocenters. The van der Waals surface area contributed by atoms with Gasteiger partial charge in [0.25, 0.3) is 5.91 Å². The van der Waals surface area contributed by atoms with Crippen molar-refractivity contribution in [3.63, 3.8) is 0 Å². The molecule has 1 amide bonds. The highest BCUT2D eigenvalue weighted by atomic mass is 79.9. The van der Waals surface area contributed by atoms with Crippen molar-refractivity contribution in [3.05, 3.63) is 58.7 Å². The quantitative estimate of drug-likeness (QED) is 0.669. The highest BCUT2D eigenvalue weighted by molar-refractivity contribution is 9.10. The molecule has 1 aliphatic heterocycles. The number of anilines is 1. The zero-order valence-electron chi connectivity index (χ0n) is 15.4. The van der Waals surface area contributed by atoms with Crippen molar-refractivity contribution in [1.29, 1.82) is 0 Å². The number of rotatable bonds is 4. The average molecular weight is 442 g/mol. The van der Waals surface area contributed by atoms with Gasteiger partial charge in [0.2, 0.25) is 0 Å². The molecule has 0 saturated carbocycles. The number of hydrogen-bond acceptors (Lipinski definition) is 6. The first-order chi connectivity index (χ1) is 13.6. The lowest BCUT2D eigenvalue weighted by Crippen LogP contribution is -2.45. The van der Waals surface area contributed by atoms with Crippen LogP contribution in [0, 0.1) is 6.92 Å². The molecule has 0 bridgehead atoms. The topological polar surface area (TPSA) is 88.8 Å². The fourth-order valence-electron chi connectivity index (χ4n) is 3.31. The van der Waals surface area contributed by atoms with Crippen LogP contribution >= 0.6 is 15.9 Å². The van der Waals surface area contributed by atoms with E-state index in [2.05, 4.69) is 41.4 Å². The van der Waals surface area contributed by atoms with E-state index in [1.807, 2.05) is 30.0 Å². The summed E-state index contributed by atoms with van der Waals surface area (Å²) in [6.45, 7) is 3.23. The summed E-state index contributed by atoms with van der Waals surface area (Å²) in [6.07, 6.45) is 8.53. The van der Waals surface area contributed by atoms with E-state index < -0.39 is 0 Å². The summed E-state index contributed by atoms with van der Waals surface area (Å²) in [5.41, 5.74) is 1.91. The molecule has 4 rings (SSSR count). The summed E-state index contributed by atoms with van der Waals surface area (Å²) in [6, 6.07) is 5.89. The Kier molecular flexibility index (Phi) is 5.34. The zero-order chi connectivity index (χ0) is 19.5. The van der Waals surface area contributed by atoms with Gasteiger partial charge in [-0.1, -0.05) is 0 Å². The fourth-order valence-corrected chi connectivity index (χ4v) is 3.55. The third-order valence-electron chi connectivity index (χ3n) is 4.63. The Morgan fingerprint density at radius 1 is 1.21 bits per heavy atom. The number of carbonyl (C=O) groups excluding carboxylic acids is 1. The van der Waals surface area contributed by atoms with Crippen LogP contribution in [0.3, 0.4) is 0 Å². The van der Waals surface area contributed by atoms with Crippen LogP contribution in [0.5, 0.6) is 0 Å². The number of likely N-dealkylation sites (tertiary alicyclic amines) is 1. The van der Waals surface area contributed by atoms with Gasteiger partial charge in [-0.15, -0.1) is 4.80 Å². The summed E-state index contributed by atoms with van der Waals surface area (Å²) in [5.74, 6) is 0.694. The van der Waals surface area contributed by atoms with E-state index in [0.29, 0.717) is 24.5 Å². The molecule has 0 spiro atoms. The number of hydrogen-bond donors (Lipinski definition) is 1. The van der Waals surface area contributed by atoms with Crippen LogP contribution in [-0.2, 0) is 0 Å². The van der Waals surface area contributed by atoms with Crippen LogP contribution < -0.4 is 5.32 Å². The molecule has 1 aliphatic rings. The second kappa shape index (κ2) is 8.05. The van der Waals surface area contributed by atoms with Gasteiger partial charge < -0.3 is 10.2 Å². The molecule has 3 aromatic heterocycles. The summed E-state index contributed by atoms with van der Waals surface area (Å²) in [5, 5.41) is 11.7. The number of nitrogens with zero attached hydrogens (tertiary/aromatic N) is 6. The number of carbonyl (C=O) groups is 1. The predicted octanol–water partition coefficient (Wildman–Crippen LogP) is 2.84. The summed E-state index contributed by atoms with van der Waals surface area (Å²) in [7, 11) is 0. The van der Waals surface area contributed by atoms with Gasteiger partial charge in [0, 0.05) is 36.0 Å². The summed E-state index contributed by atoms with van der Waals surface area (Å²) < 4.78 is 0.934. The number of amides is 1. The monoisotopic (exact) mass is 441 g/mol. The Labute approximate surface area is 171 Å². The number of aryl methyl sites for hydroxylation is 1. The molecular weight excluding hydrogens is 422 g/mol. The van der Waals surface area contributed by atoms with Gasteiger partial charge in [0.1, 0.15) is 11.5 Å². The summed E-state index contributed by atoms with van der Waals surface area (Å²) >= 11 is 3.39. The van der Waals surface area contributed by atoms with E-state index in [4.69, 9.17) is 0 Å². The van der Waals surface area contributed by atoms with Crippen molar-refractivity contribution in [1.82, 2.24) is 29.9 Å². The smallest absolute Gasteiger partial charge is 0.274 e. The van der Waals surface area contributed by atoms with Gasteiger partial charge >= 0.3 is 0 Å². The normalized spacial score (nSPS) is 16.8. The number of piperidine rings is 1. The first-order valence-corrected chi connectivity index (χ1v) is 9.90. The lowest BCUT2D eigenvalue weighted by Gasteiger charge is -2.33. The molecule has 9 heteroatoms. The van der Waals surface area contributed by atoms with Gasteiger partial charge in [0.05, 0.1) is 12.4 Å². The van der Waals surface area contributed by atoms with Gasteiger partial charge in [-0.3, -0.25) is 4.79 Å². The maximum absolute atomic E-state index is 13.2. The Morgan fingerprint density at radius 3 is 2.79 bits per heavy atom. The minimum absolute atomic E-state index is 0.109. The average Bonchev–Trinajstić information content (AvgIpc) is 3.24. The van der Waals surface area contributed by atoms with Crippen LogP contribution in [0.15, 0.2) is 47.5 Å². The Hall–Kier alpha value is -2.81. The molecule has 1 fully saturated rings. The molecule has 0 aliphatic carbocycles. The molecule has 1 unspecified atom stereocenters. The predicted molar refractivity (Wildman–Crippen MR) is 108 cm³/mol. The number of halogens is 1. The molecule has 144 valence electrons. The van der Waals surface area contributed by atoms with Gasteiger partial charge in [-0.05, 0) is 59.5 Å². The molecular formula is C19H20BrN7O. The van der Waals surface area contributed by atoms with Gasteiger partial charge in [-0.2, -0.15) is 10.2 Å². The molecule has 1 N–H and O–H groups in total. The minimum Gasteiger partial charge on any atom is -0.366 e. The van der Waals surface area contributed by atoms with Crippen LogP contribution in [0.4, 0.5) is 5.82 Å². The minimum atomic E-state index is -0.109. The first kappa shape index (κ1) is 18.5.